The zero-order chi connectivity index (χ0) is 20.6. The molecule has 1 aliphatic rings. The van der Waals surface area contributed by atoms with Crippen LogP contribution in [0.15, 0.2) is 36.4 Å². The molecule has 1 unspecified atom stereocenters. The first-order valence-corrected chi connectivity index (χ1v) is 10.8. The molecule has 1 atom stereocenters. The number of hydrogen-bond donors (Lipinski definition) is 0. The molecule has 0 spiro atoms. The van der Waals surface area contributed by atoms with Crippen molar-refractivity contribution in [1.82, 2.24) is 4.90 Å². The SMILES string of the molecule is CCCCCCOc1ccc(CC2c3cc(OC)c(OC)cc3CCN2C)cc1. The minimum absolute atomic E-state index is 0.333. The molecule has 2 aromatic rings. The molecule has 0 N–H and O–H groups in total. The molecule has 0 aliphatic carbocycles. The average molecular weight is 398 g/mol. The average Bonchev–Trinajstić information content (AvgIpc) is 2.75. The van der Waals surface area contributed by atoms with E-state index in [1.807, 2.05) is 0 Å². The van der Waals surface area contributed by atoms with Crippen LogP contribution in [-0.2, 0) is 12.8 Å². The Bertz CT molecular complexity index is 772. The van der Waals surface area contributed by atoms with Crippen LogP contribution in [0.1, 0.15) is 55.3 Å². The Hall–Kier alpha value is -2.20. The predicted molar refractivity (Wildman–Crippen MR) is 118 cm³/mol. The third-order valence-corrected chi connectivity index (χ3v) is 5.89. The monoisotopic (exact) mass is 397 g/mol. The number of methoxy groups -OCH3 is 2. The van der Waals surface area contributed by atoms with E-state index in [1.54, 1.807) is 14.2 Å². The molecule has 0 saturated heterocycles. The van der Waals surface area contributed by atoms with E-state index < -0.39 is 0 Å². The Kier molecular flexibility index (Phi) is 7.82. The summed E-state index contributed by atoms with van der Waals surface area (Å²) in [5, 5.41) is 0. The zero-order valence-corrected chi connectivity index (χ0v) is 18.4. The van der Waals surface area contributed by atoms with Crippen LogP contribution in [0.25, 0.3) is 0 Å². The zero-order valence-electron chi connectivity index (χ0n) is 18.4. The first kappa shape index (κ1) is 21.5. The second-order valence-electron chi connectivity index (χ2n) is 7.91. The lowest BCUT2D eigenvalue weighted by molar-refractivity contribution is 0.228. The van der Waals surface area contributed by atoms with Gasteiger partial charge < -0.3 is 14.2 Å². The highest BCUT2D eigenvalue weighted by Gasteiger charge is 2.27. The first-order valence-electron chi connectivity index (χ1n) is 10.8. The summed E-state index contributed by atoms with van der Waals surface area (Å²) < 4.78 is 16.9. The molecule has 0 fully saturated rings. The summed E-state index contributed by atoms with van der Waals surface area (Å²) in [5.41, 5.74) is 4.02. The molecule has 4 nitrogen and oxygen atoms in total. The maximum atomic E-state index is 5.89. The van der Waals surface area contributed by atoms with Gasteiger partial charge >= 0.3 is 0 Å². The number of ether oxygens (including phenoxy) is 3. The van der Waals surface area contributed by atoms with Crippen molar-refractivity contribution in [1.29, 1.82) is 0 Å². The molecule has 0 aromatic heterocycles. The van der Waals surface area contributed by atoms with E-state index in [0.29, 0.717) is 6.04 Å². The summed E-state index contributed by atoms with van der Waals surface area (Å²) in [6.45, 7) is 4.08. The van der Waals surface area contributed by atoms with Crippen molar-refractivity contribution in [3.05, 3.63) is 53.1 Å². The number of rotatable bonds is 10. The highest BCUT2D eigenvalue weighted by atomic mass is 16.5. The Labute approximate surface area is 175 Å². The predicted octanol–water partition coefficient (Wildman–Crippen LogP) is 5.43. The van der Waals surface area contributed by atoms with Gasteiger partial charge in [-0.15, -0.1) is 0 Å². The third kappa shape index (κ3) is 5.45. The Morgan fingerprint density at radius 2 is 1.69 bits per heavy atom. The van der Waals surface area contributed by atoms with Gasteiger partial charge in [0.05, 0.1) is 20.8 Å². The fourth-order valence-corrected chi connectivity index (χ4v) is 4.08. The lowest BCUT2D eigenvalue weighted by atomic mass is 9.88. The second-order valence-corrected chi connectivity index (χ2v) is 7.91. The van der Waals surface area contributed by atoms with Crippen LogP contribution < -0.4 is 14.2 Å². The standard InChI is InChI=1S/C25H35NO3/c1-5-6-7-8-15-29-21-11-9-19(10-12-21)16-23-22-18-25(28-4)24(27-3)17-20(22)13-14-26(23)2/h9-12,17-18,23H,5-8,13-16H2,1-4H3. The minimum Gasteiger partial charge on any atom is -0.494 e. The highest BCUT2D eigenvalue weighted by molar-refractivity contribution is 5.49. The fourth-order valence-electron chi connectivity index (χ4n) is 4.08. The summed E-state index contributed by atoms with van der Waals surface area (Å²) in [7, 11) is 5.61. The number of nitrogens with zero attached hydrogens (tertiary/aromatic N) is 1. The quantitative estimate of drug-likeness (QED) is 0.500. The molecule has 1 aliphatic heterocycles. The van der Waals surface area contributed by atoms with Crippen molar-refractivity contribution < 1.29 is 14.2 Å². The van der Waals surface area contributed by atoms with E-state index in [2.05, 4.69) is 55.3 Å². The molecule has 2 aromatic carbocycles. The van der Waals surface area contributed by atoms with Crippen molar-refractivity contribution >= 4 is 0 Å². The van der Waals surface area contributed by atoms with E-state index in [0.717, 1.165) is 49.7 Å². The van der Waals surface area contributed by atoms with Gasteiger partial charge in [0, 0.05) is 12.6 Å². The number of benzene rings is 2. The highest BCUT2D eigenvalue weighted by Crippen LogP contribution is 2.39. The molecule has 3 rings (SSSR count). The molecule has 0 amide bonds. The van der Waals surface area contributed by atoms with Gasteiger partial charge in [0.2, 0.25) is 0 Å². The van der Waals surface area contributed by atoms with Gasteiger partial charge in [-0.3, -0.25) is 4.90 Å². The van der Waals surface area contributed by atoms with Crippen molar-refractivity contribution in [2.75, 3.05) is 34.4 Å². The molecule has 4 heteroatoms. The molecular weight excluding hydrogens is 362 g/mol. The topological polar surface area (TPSA) is 30.9 Å². The van der Waals surface area contributed by atoms with E-state index >= 15 is 0 Å². The summed E-state index contributed by atoms with van der Waals surface area (Å²) in [6.07, 6.45) is 6.92. The number of fused-ring (bicyclic) bond motifs is 1. The summed E-state index contributed by atoms with van der Waals surface area (Å²) >= 11 is 0. The van der Waals surface area contributed by atoms with Crippen LogP contribution in [0.5, 0.6) is 17.2 Å². The first-order chi connectivity index (χ1) is 14.2. The molecular formula is C25H35NO3. The lowest BCUT2D eigenvalue weighted by Gasteiger charge is -2.35. The molecule has 29 heavy (non-hydrogen) atoms. The van der Waals surface area contributed by atoms with Gasteiger partial charge in [0.15, 0.2) is 11.5 Å². The molecule has 0 radical (unpaired) electrons. The summed E-state index contributed by atoms with van der Waals surface area (Å²) in [6, 6.07) is 13.2. The number of hydrogen-bond acceptors (Lipinski definition) is 4. The Morgan fingerprint density at radius 1 is 0.966 bits per heavy atom. The van der Waals surface area contributed by atoms with Gasteiger partial charge in [0.1, 0.15) is 5.75 Å². The lowest BCUT2D eigenvalue weighted by Crippen LogP contribution is -2.33. The summed E-state index contributed by atoms with van der Waals surface area (Å²) in [5.74, 6) is 2.59. The van der Waals surface area contributed by atoms with Crippen LogP contribution in [0, 0.1) is 0 Å². The van der Waals surface area contributed by atoms with Crippen LogP contribution >= 0.6 is 0 Å². The molecule has 0 saturated carbocycles. The molecule has 0 bridgehead atoms. The van der Waals surface area contributed by atoms with E-state index in [4.69, 9.17) is 14.2 Å². The van der Waals surface area contributed by atoms with Crippen LogP contribution in [-0.4, -0.2) is 39.3 Å². The van der Waals surface area contributed by atoms with Crippen LogP contribution in [0.4, 0.5) is 0 Å². The van der Waals surface area contributed by atoms with Crippen molar-refractivity contribution in [3.63, 3.8) is 0 Å². The third-order valence-electron chi connectivity index (χ3n) is 5.89. The summed E-state index contributed by atoms with van der Waals surface area (Å²) in [4.78, 5) is 2.44. The van der Waals surface area contributed by atoms with E-state index in [9.17, 15) is 0 Å². The Morgan fingerprint density at radius 3 is 2.38 bits per heavy atom. The fraction of sp³-hybridized carbons (Fsp3) is 0.520. The smallest absolute Gasteiger partial charge is 0.161 e. The largest absolute Gasteiger partial charge is 0.494 e. The second kappa shape index (κ2) is 10.5. The van der Waals surface area contributed by atoms with Crippen LogP contribution in [0.2, 0.25) is 0 Å². The van der Waals surface area contributed by atoms with Gasteiger partial charge in [-0.1, -0.05) is 38.3 Å². The van der Waals surface area contributed by atoms with Crippen LogP contribution in [0.3, 0.4) is 0 Å². The van der Waals surface area contributed by atoms with E-state index in [1.165, 1.54) is 36.0 Å². The van der Waals surface area contributed by atoms with Gasteiger partial charge in [-0.25, -0.2) is 0 Å². The number of unbranched alkanes of at least 4 members (excludes halogenated alkanes) is 3. The molecule has 158 valence electrons. The van der Waals surface area contributed by atoms with Crippen molar-refractivity contribution in [2.45, 2.75) is 51.5 Å². The van der Waals surface area contributed by atoms with Crippen molar-refractivity contribution in [2.24, 2.45) is 0 Å². The van der Waals surface area contributed by atoms with Gasteiger partial charge in [0.25, 0.3) is 0 Å². The van der Waals surface area contributed by atoms with E-state index in [-0.39, 0.29) is 0 Å². The maximum Gasteiger partial charge on any atom is 0.161 e. The van der Waals surface area contributed by atoms with Gasteiger partial charge in [-0.2, -0.15) is 0 Å². The minimum atomic E-state index is 0.333. The van der Waals surface area contributed by atoms with Crippen molar-refractivity contribution in [3.8, 4) is 17.2 Å². The Balaban J connectivity index is 1.68. The van der Waals surface area contributed by atoms with Gasteiger partial charge in [-0.05, 0) is 67.3 Å². The molecule has 1 heterocycles. The normalized spacial score (nSPS) is 16.3. The number of likely N-dealkylation sites (N-methyl/N-ethyl adjacent to an activating group) is 1. The maximum absolute atomic E-state index is 5.89.